The quantitative estimate of drug-likeness (QED) is 0.418. The Balaban J connectivity index is 1.10. The maximum atomic E-state index is 13.3. The highest BCUT2D eigenvalue weighted by atomic mass is 16.3. The van der Waals surface area contributed by atoms with E-state index in [1.807, 2.05) is 54.6 Å². The minimum absolute atomic E-state index is 0.0496. The predicted molar refractivity (Wildman–Crippen MR) is 145 cm³/mol. The summed E-state index contributed by atoms with van der Waals surface area (Å²) < 4.78 is 0. The van der Waals surface area contributed by atoms with Crippen LogP contribution in [-0.2, 0) is 4.79 Å². The molecule has 7 heteroatoms. The Morgan fingerprint density at radius 1 is 0.811 bits per heavy atom. The second-order valence-electron chi connectivity index (χ2n) is 10.4. The average Bonchev–Trinajstić information content (AvgIpc) is 3.85. The van der Waals surface area contributed by atoms with E-state index in [0.717, 1.165) is 56.2 Å². The van der Waals surface area contributed by atoms with E-state index in [2.05, 4.69) is 20.4 Å². The summed E-state index contributed by atoms with van der Waals surface area (Å²) in [4.78, 5) is 31.1. The smallest absolute Gasteiger partial charge is 0.255 e. The highest BCUT2D eigenvalue weighted by Gasteiger charge is 2.55. The van der Waals surface area contributed by atoms with Gasteiger partial charge in [0.1, 0.15) is 11.3 Å². The van der Waals surface area contributed by atoms with Crippen LogP contribution in [0.4, 0.5) is 11.4 Å². The number of hydrogen-bond acceptors (Lipinski definition) is 5. The van der Waals surface area contributed by atoms with Gasteiger partial charge < -0.3 is 15.7 Å². The minimum atomic E-state index is -0.499. The normalized spacial score (nSPS) is 19.2. The van der Waals surface area contributed by atoms with Crippen LogP contribution in [0.3, 0.4) is 0 Å². The number of hydrogen-bond donors (Lipinski definition) is 3. The van der Waals surface area contributed by atoms with Crippen molar-refractivity contribution in [2.24, 2.45) is 0 Å². The van der Waals surface area contributed by atoms with Crippen LogP contribution in [-0.4, -0.2) is 64.5 Å². The van der Waals surface area contributed by atoms with Gasteiger partial charge in [0.2, 0.25) is 5.91 Å². The van der Waals surface area contributed by atoms with Crippen LogP contribution in [0.2, 0.25) is 0 Å². The van der Waals surface area contributed by atoms with E-state index in [-0.39, 0.29) is 23.3 Å². The Morgan fingerprint density at radius 2 is 1.49 bits per heavy atom. The summed E-state index contributed by atoms with van der Waals surface area (Å²) in [5, 5.41) is 16.2. The average molecular weight is 497 g/mol. The van der Waals surface area contributed by atoms with E-state index < -0.39 is 5.54 Å². The Bertz CT molecular complexity index is 1290. The second kappa shape index (κ2) is 9.65. The monoisotopic (exact) mass is 496 g/mol. The Labute approximate surface area is 217 Å². The molecule has 3 fully saturated rings. The lowest BCUT2D eigenvalue weighted by atomic mass is 10.1. The first-order valence-corrected chi connectivity index (χ1v) is 13.1. The molecule has 7 nitrogen and oxygen atoms in total. The number of nitrogens with zero attached hydrogens (tertiary/aromatic N) is 2. The number of nitrogens with one attached hydrogen (secondary N) is 2. The molecule has 0 aromatic heterocycles. The molecule has 1 aliphatic heterocycles. The Kier molecular flexibility index (Phi) is 6.18. The highest BCUT2D eigenvalue weighted by Crippen LogP contribution is 2.44. The van der Waals surface area contributed by atoms with E-state index in [4.69, 9.17) is 0 Å². The number of rotatable bonds is 7. The number of anilines is 2. The van der Waals surface area contributed by atoms with E-state index >= 15 is 0 Å². The molecule has 190 valence electrons. The summed E-state index contributed by atoms with van der Waals surface area (Å²) in [7, 11) is 0. The van der Waals surface area contributed by atoms with Gasteiger partial charge >= 0.3 is 0 Å². The van der Waals surface area contributed by atoms with Crippen molar-refractivity contribution >= 4 is 23.2 Å². The topological polar surface area (TPSA) is 84.9 Å². The molecule has 0 bridgehead atoms. The van der Waals surface area contributed by atoms with Crippen LogP contribution >= 0.6 is 0 Å². The molecule has 6 rings (SSSR count). The van der Waals surface area contributed by atoms with Crippen molar-refractivity contribution in [3.8, 4) is 16.9 Å². The fourth-order valence-electron chi connectivity index (χ4n) is 5.36. The first-order valence-electron chi connectivity index (χ1n) is 13.1. The molecular weight excluding hydrogens is 464 g/mol. The van der Waals surface area contributed by atoms with Gasteiger partial charge in [0.15, 0.2) is 0 Å². The molecule has 3 aromatic rings. The zero-order chi connectivity index (χ0) is 25.4. The van der Waals surface area contributed by atoms with E-state index in [1.165, 1.54) is 18.9 Å². The number of piperazine rings is 1. The van der Waals surface area contributed by atoms with Gasteiger partial charge in [0.25, 0.3) is 5.91 Å². The second-order valence-corrected chi connectivity index (χ2v) is 10.4. The molecule has 37 heavy (non-hydrogen) atoms. The van der Waals surface area contributed by atoms with E-state index in [1.54, 1.807) is 12.1 Å². The third-order valence-corrected chi connectivity index (χ3v) is 7.89. The highest BCUT2D eigenvalue weighted by molar-refractivity contribution is 6.07. The third kappa shape index (κ3) is 4.97. The number of carbonyl (C=O) groups is 2. The third-order valence-electron chi connectivity index (χ3n) is 7.89. The lowest BCUT2D eigenvalue weighted by Crippen LogP contribution is -2.55. The van der Waals surface area contributed by atoms with Gasteiger partial charge in [-0.3, -0.25) is 19.4 Å². The van der Waals surface area contributed by atoms with E-state index in [0.29, 0.717) is 11.3 Å². The van der Waals surface area contributed by atoms with Crippen LogP contribution in [0.15, 0.2) is 72.8 Å². The number of aromatic hydroxyl groups is 1. The summed E-state index contributed by atoms with van der Waals surface area (Å²) >= 11 is 0. The summed E-state index contributed by atoms with van der Waals surface area (Å²) in [5.74, 6) is -0.455. The minimum Gasteiger partial charge on any atom is -0.506 e. The maximum absolute atomic E-state index is 13.3. The Hall–Kier alpha value is -3.68. The Morgan fingerprint density at radius 3 is 2.14 bits per heavy atom. The molecule has 2 aliphatic carbocycles. The molecule has 0 radical (unpaired) electrons. The summed E-state index contributed by atoms with van der Waals surface area (Å²) in [6.07, 6.45) is 4.24. The van der Waals surface area contributed by atoms with Gasteiger partial charge in [-0.05, 0) is 67.1 Å². The summed E-state index contributed by atoms with van der Waals surface area (Å²) in [6.45, 7) is 3.79. The SMILES string of the molecule is O=C(Nc1ccc(-c2ccccc2)cc1)c1ccc(O)c(NC(=O)C2(N3CCN(C4CC4)CC3)CC2)c1. The van der Waals surface area contributed by atoms with Gasteiger partial charge in [-0.2, -0.15) is 0 Å². The molecule has 3 aliphatic rings. The standard InChI is InChI=1S/C30H32N4O3/c35-27-13-8-23(28(36)31-24-9-6-22(7-10-24)21-4-2-1-3-5-21)20-26(27)32-29(37)30(14-15-30)34-18-16-33(17-19-34)25-11-12-25/h1-10,13,20,25,35H,11-12,14-19H2,(H,31,36)(H,32,37). The van der Waals surface area contributed by atoms with Crippen LogP contribution in [0, 0.1) is 0 Å². The number of phenolic OH excluding ortho intramolecular Hbond substituents is 1. The first kappa shape index (κ1) is 23.7. The number of amides is 2. The fraction of sp³-hybridized carbons (Fsp3) is 0.333. The number of carbonyl (C=O) groups excluding carboxylic acids is 2. The van der Waals surface area contributed by atoms with Gasteiger partial charge in [0, 0.05) is 43.5 Å². The predicted octanol–water partition coefficient (Wildman–Crippen LogP) is 4.56. The van der Waals surface area contributed by atoms with E-state index in [9.17, 15) is 14.7 Å². The lowest BCUT2D eigenvalue weighted by molar-refractivity contribution is -0.123. The van der Waals surface area contributed by atoms with Crippen molar-refractivity contribution in [2.75, 3.05) is 36.8 Å². The molecule has 0 atom stereocenters. The van der Waals surface area contributed by atoms with Crippen LogP contribution in [0.25, 0.3) is 11.1 Å². The summed E-state index contributed by atoms with van der Waals surface area (Å²) in [6, 6.07) is 23.0. The summed E-state index contributed by atoms with van der Waals surface area (Å²) in [5.41, 5.74) is 2.98. The number of phenols is 1. The van der Waals surface area contributed by atoms with Crippen molar-refractivity contribution in [3.63, 3.8) is 0 Å². The van der Waals surface area contributed by atoms with Crippen molar-refractivity contribution in [2.45, 2.75) is 37.3 Å². The van der Waals surface area contributed by atoms with Gasteiger partial charge in [-0.1, -0.05) is 42.5 Å². The van der Waals surface area contributed by atoms with Crippen molar-refractivity contribution < 1.29 is 14.7 Å². The number of benzene rings is 3. The first-order chi connectivity index (χ1) is 18.0. The van der Waals surface area contributed by atoms with Gasteiger partial charge in [-0.15, -0.1) is 0 Å². The zero-order valence-corrected chi connectivity index (χ0v) is 20.8. The molecule has 2 amide bonds. The molecule has 3 aromatic carbocycles. The van der Waals surface area contributed by atoms with Crippen LogP contribution in [0.1, 0.15) is 36.0 Å². The molecule has 0 unspecified atom stereocenters. The van der Waals surface area contributed by atoms with Crippen molar-refractivity contribution in [1.29, 1.82) is 0 Å². The molecule has 2 saturated carbocycles. The van der Waals surface area contributed by atoms with Crippen molar-refractivity contribution in [1.82, 2.24) is 9.80 Å². The van der Waals surface area contributed by atoms with Crippen molar-refractivity contribution in [3.05, 3.63) is 78.4 Å². The molecule has 1 saturated heterocycles. The maximum Gasteiger partial charge on any atom is 0.255 e. The van der Waals surface area contributed by atoms with Gasteiger partial charge in [-0.25, -0.2) is 0 Å². The molecule has 0 spiro atoms. The molecular formula is C30H32N4O3. The van der Waals surface area contributed by atoms with Crippen LogP contribution in [0.5, 0.6) is 5.75 Å². The fourth-order valence-corrected chi connectivity index (χ4v) is 5.36. The molecule has 1 heterocycles. The zero-order valence-electron chi connectivity index (χ0n) is 20.8. The lowest BCUT2D eigenvalue weighted by Gasteiger charge is -2.39. The molecule has 3 N–H and O–H groups in total. The largest absolute Gasteiger partial charge is 0.506 e. The van der Waals surface area contributed by atoms with Crippen LogP contribution < -0.4 is 10.6 Å². The van der Waals surface area contributed by atoms with Gasteiger partial charge in [0.05, 0.1) is 5.69 Å².